The number of imide groups is 1. The van der Waals surface area contributed by atoms with Crippen molar-refractivity contribution >= 4 is 29.0 Å². The van der Waals surface area contributed by atoms with Gasteiger partial charge in [-0.2, -0.15) is 0 Å². The van der Waals surface area contributed by atoms with Gasteiger partial charge in [-0.3, -0.25) is 14.5 Å². The molecule has 1 heterocycles. The highest BCUT2D eigenvalue weighted by Gasteiger charge is 2.35. The average molecular weight is 474 g/mol. The predicted molar refractivity (Wildman–Crippen MR) is 136 cm³/mol. The quantitative estimate of drug-likeness (QED) is 0.349. The number of benzene rings is 3. The van der Waals surface area contributed by atoms with E-state index in [0.29, 0.717) is 29.6 Å². The first kappa shape index (κ1) is 23.6. The lowest BCUT2D eigenvalue weighted by atomic mass is 10.1. The van der Waals surface area contributed by atoms with E-state index in [0.717, 1.165) is 34.0 Å². The Hall–Kier alpha value is -3.51. The molecule has 1 aliphatic rings. The summed E-state index contributed by atoms with van der Waals surface area (Å²) in [5, 5.41) is -0.264. The zero-order chi connectivity index (χ0) is 24.1. The molecule has 4 rings (SSSR count). The van der Waals surface area contributed by atoms with Crippen LogP contribution in [0.2, 0.25) is 0 Å². The topological polar surface area (TPSA) is 55.8 Å². The predicted octanol–water partition coefficient (Wildman–Crippen LogP) is 6.52. The zero-order valence-corrected chi connectivity index (χ0v) is 20.4. The van der Waals surface area contributed by atoms with Crippen LogP contribution in [0, 0.1) is 13.8 Å². The van der Waals surface area contributed by atoms with Crippen LogP contribution in [-0.2, 0) is 17.9 Å². The van der Waals surface area contributed by atoms with Crippen molar-refractivity contribution in [2.75, 3.05) is 6.61 Å². The summed E-state index contributed by atoms with van der Waals surface area (Å²) in [6.07, 6.45) is 1.73. The minimum atomic E-state index is -0.284. The molecule has 1 aliphatic heterocycles. The number of nitrogens with zero attached hydrogens (tertiary/aromatic N) is 1. The molecule has 3 aromatic carbocycles. The van der Waals surface area contributed by atoms with Crippen molar-refractivity contribution in [1.82, 2.24) is 4.90 Å². The highest BCUT2D eigenvalue weighted by molar-refractivity contribution is 8.18. The van der Waals surface area contributed by atoms with Crippen molar-refractivity contribution in [3.05, 3.63) is 99.5 Å². The lowest BCUT2D eigenvalue weighted by Crippen LogP contribution is -2.27. The van der Waals surface area contributed by atoms with E-state index in [1.54, 1.807) is 6.08 Å². The molecule has 1 saturated heterocycles. The maximum Gasteiger partial charge on any atom is 0.293 e. The van der Waals surface area contributed by atoms with E-state index < -0.39 is 0 Å². The van der Waals surface area contributed by atoms with E-state index in [9.17, 15) is 9.59 Å². The molecule has 174 valence electrons. The van der Waals surface area contributed by atoms with Gasteiger partial charge in [0.25, 0.3) is 11.1 Å². The molecular formula is C28H27NO4S. The van der Waals surface area contributed by atoms with Crippen LogP contribution in [0.15, 0.2) is 71.6 Å². The molecule has 0 aliphatic carbocycles. The Morgan fingerprint density at radius 2 is 1.65 bits per heavy atom. The van der Waals surface area contributed by atoms with Crippen molar-refractivity contribution in [1.29, 1.82) is 0 Å². The Bertz CT molecular complexity index is 1230. The van der Waals surface area contributed by atoms with Gasteiger partial charge >= 0.3 is 0 Å². The van der Waals surface area contributed by atoms with E-state index >= 15 is 0 Å². The van der Waals surface area contributed by atoms with Crippen LogP contribution in [0.5, 0.6) is 11.5 Å². The van der Waals surface area contributed by atoms with Gasteiger partial charge in [0.1, 0.15) is 6.61 Å². The van der Waals surface area contributed by atoms with Crippen LogP contribution in [0.1, 0.15) is 34.7 Å². The molecule has 34 heavy (non-hydrogen) atoms. The Balaban J connectivity index is 1.50. The fraction of sp³-hybridized carbons (Fsp3) is 0.214. The summed E-state index contributed by atoms with van der Waals surface area (Å²) >= 11 is 0.958. The molecule has 5 nitrogen and oxygen atoms in total. The second-order valence-corrected chi connectivity index (χ2v) is 9.16. The monoisotopic (exact) mass is 473 g/mol. The van der Waals surface area contributed by atoms with Crippen LogP contribution in [0.4, 0.5) is 4.79 Å². The van der Waals surface area contributed by atoms with Gasteiger partial charge in [-0.15, -0.1) is 0 Å². The van der Waals surface area contributed by atoms with Gasteiger partial charge in [0.15, 0.2) is 11.5 Å². The number of carbonyl (C=O) groups excluding carboxylic acids is 2. The molecule has 0 aromatic heterocycles. The summed E-state index contributed by atoms with van der Waals surface area (Å²) < 4.78 is 11.8. The van der Waals surface area contributed by atoms with E-state index in [1.165, 1.54) is 10.5 Å². The standard InChI is InChI=1S/C28H27NO4S/c1-4-32-25-15-22(12-13-24(25)33-18-23-7-5-6-20(3)14-23)16-26-27(30)29(28(31)34-26)17-21-10-8-19(2)9-11-21/h5-16H,4,17-18H2,1-3H3/b26-16-. The van der Waals surface area contributed by atoms with E-state index in [1.807, 2.05) is 81.4 Å². The summed E-state index contributed by atoms with van der Waals surface area (Å²) in [4.78, 5) is 27.1. The zero-order valence-electron chi connectivity index (χ0n) is 19.5. The van der Waals surface area contributed by atoms with Gasteiger partial charge in [-0.05, 0) is 67.4 Å². The fourth-order valence-corrected chi connectivity index (χ4v) is 4.47. The summed E-state index contributed by atoms with van der Waals surface area (Å²) in [5.74, 6) is 0.948. The van der Waals surface area contributed by atoms with Crippen LogP contribution < -0.4 is 9.47 Å². The third kappa shape index (κ3) is 5.69. The van der Waals surface area contributed by atoms with Crippen molar-refractivity contribution in [3.63, 3.8) is 0 Å². The molecule has 0 unspecified atom stereocenters. The lowest BCUT2D eigenvalue weighted by Gasteiger charge is -2.13. The highest BCUT2D eigenvalue weighted by atomic mass is 32.2. The maximum absolute atomic E-state index is 12.9. The molecule has 0 bridgehead atoms. The number of amides is 2. The smallest absolute Gasteiger partial charge is 0.293 e. The van der Waals surface area contributed by atoms with Crippen molar-refractivity contribution in [2.45, 2.75) is 33.9 Å². The molecular weight excluding hydrogens is 446 g/mol. The SMILES string of the molecule is CCOc1cc(/C=C2\SC(=O)N(Cc3ccc(C)cc3)C2=O)ccc1OCc1cccc(C)c1. The fourth-order valence-electron chi connectivity index (χ4n) is 3.63. The Labute approximate surface area is 204 Å². The number of hydrogen-bond acceptors (Lipinski definition) is 5. The lowest BCUT2D eigenvalue weighted by molar-refractivity contribution is -0.123. The third-order valence-corrected chi connectivity index (χ3v) is 6.28. The number of ether oxygens (including phenoxy) is 2. The maximum atomic E-state index is 12.9. The van der Waals surface area contributed by atoms with E-state index in [2.05, 4.69) is 6.07 Å². The first-order chi connectivity index (χ1) is 16.4. The van der Waals surface area contributed by atoms with Crippen LogP contribution in [0.3, 0.4) is 0 Å². The van der Waals surface area contributed by atoms with E-state index in [-0.39, 0.29) is 17.7 Å². The minimum absolute atomic E-state index is 0.262. The second kappa shape index (κ2) is 10.6. The number of aryl methyl sites for hydroxylation is 2. The summed E-state index contributed by atoms with van der Waals surface area (Å²) in [6.45, 7) is 7.14. The first-order valence-electron chi connectivity index (χ1n) is 11.2. The Kier molecular flexibility index (Phi) is 7.38. The van der Waals surface area contributed by atoms with Gasteiger partial charge in [-0.1, -0.05) is 65.7 Å². The molecule has 3 aromatic rings. The number of thioether (sulfide) groups is 1. The average Bonchev–Trinajstić information content (AvgIpc) is 3.07. The van der Waals surface area contributed by atoms with Gasteiger partial charge < -0.3 is 9.47 Å². The van der Waals surface area contributed by atoms with Crippen LogP contribution >= 0.6 is 11.8 Å². The number of rotatable bonds is 8. The van der Waals surface area contributed by atoms with Crippen molar-refractivity contribution in [2.24, 2.45) is 0 Å². The molecule has 1 fully saturated rings. The number of carbonyl (C=O) groups is 2. The summed E-state index contributed by atoms with van der Waals surface area (Å²) in [6, 6.07) is 21.5. The third-order valence-electron chi connectivity index (χ3n) is 5.38. The minimum Gasteiger partial charge on any atom is -0.490 e. The molecule has 6 heteroatoms. The summed E-state index contributed by atoms with van der Waals surface area (Å²) in [7, 11) is 0. The van der Waals surface area contributed by atoms with Gasteiger partial charge in [-0.25, -0.2) is 0 Å². The van der Waals surface area contributed by atoms with Crippen LogP contribution in [-0.4, -0.2) is 22.7 Å². The Morgan fingerprint density at radius 3 is 2.38 bits per heavy atom. The van der Waals surface area contributed by atoms with Crippen molar-refractivity contribution in [3.8, 4) is 11.5 Å². The second-order valence-electron chi connectivity index (χ2n) is 8.17. The normalized spacial score (nSPS) is 14.7. The van der Waals surface area contributed by atoms with Crippen LogP contribution in [0.25, 0.3) is 6.08 Å². The van der Waals surface area contributed by atoms with E-state index in [4.69, 9.17) is 9.47 Å². The first-order valence-corrected chi connectivity index (χ1v) is 12.0. The van der Waals surface area contributed by atoms with Gasteiger partial charge in [0.2, 0.25) is 0 Å². The molecule has 0 N–H and O–H groups in total. The van der Waals surface area contributed by atoms with Gasteiger partial charge in [0, 0.05) is 0 Å². The summed E-state index contributed by atoms with van der Waals surface area (Å²) in [5.41, 5.74) is 5.08. The highest BCUT2D eigenvalue weighted by Crippen LogP contribution is 2.35. The molecule has 2 amide bonds. The van der Waals surface area contributed by atoms with Gasteiger partial charge in [0.05, 0.1) is 18.1 Å². The molecule has 0 saturated carbocycles. The number of hydrogen-bond donors (Lipinski definition) is 0. The molecule has 0 spiro atoms. The van der Waals surface area contributed by atoms with Crippen molar-refractivity contribution < 1.29 is 19.1 Å². The Morgan fingerprint density at radius 1 is 0.853 bits per heavy atom. The largest absolute Gasteiger partial charge is 0.490 e. The molecule has 0 atom stereocenters. The molecule has 0 radical (unpaired) electrons.